The summed E-state index contributed by atoms with van der Waals surface area (Å²) in [6.07, 6.45) is 1.78. The highest BCUT2D eigenvalue weighted by Gasteiger charge is 2.24. The fraction of sp³-hybridized carbons (Fsp3) is 0.929. The Morgan fingerprint density at radius 1 is 1.22 bits per heavy atom. The summed E-state index contributed by atoms with van der Waals surface area (Å²) < 4.78 is 5.18. The third-order valence-electron chi connectivity index (χ3n) is 3.92. The zero-order valence-corrected chi connectivity index (χ0v) is 12.3. The fourth-order valence-corrected chi connectivity index (χ4v) is 2.33. The molecule has 2 atom stereocenters. The van der Waals surface area contributed by atoms with E-state index < -0.39 is 0 Å². The van der Waals surface area contributed by atoms with Gasteiger partial charge >= 0.3 is 0 Å². The van der Waals surface area contributed by atoms with Crippen molar-refractivity contribution in [2.45, 2.75) is 39.7 Å². The number of hydrogen-bond donors (Lipinski definition) is 0. The van der Waals surface area contributed by atoms with E-state index in [1.807, 2.05) is 4.90 Å². The second kappa shape index (κ2) is 7.74. The molecule has 4 heteroatoms. The molecule has 1 aliphatic heterocycles. The minimum absolute atomic E-state index is 0.323. The van der Waals surface area contributed by atoms with Gasteiger partial charge < -0.3 is 9.64 Å². The van der Waals surface area contributed by atoms with Crippen LogP contribution >= 0.6 is 0 Å². The lowest BCUT2D eigenvalue weighted by Crippen LogP contribution is -2.52. The normalized spacial score (nSPS) is 20.8. The molecule has 4 nitrogen and oxygen atoms in total. The van der Waals surface area contributed by atoms with Crippen LogP contribution in [0.2, 0.25) is 0 Å². The molecule has 0 aromatic rings. The lowest BCUT2D eigenvalue weighted by atomic mass is 10.0. The largest absolute Gasteiger partial charge is 0.383 e. The minimum atomic E-state index is 0.323. The number of carbonyl (C=O) groups excluding carboxylic acids is 1. The highest BCUT2D eigenvalue weighted by Crippen LogP contribution is 2.12. The number of hydrogen-bond acceptors (Lipinski definition) is 3. The third kappa shape index (κ3) is 4.58. The molecule has 1 rings (SSSR count). The first-order valence-electron chi connectivity index (χ1n) is 7.09. The monoisotopic (exact) mass is 256 g/mol. The van der Waals surface area contributed by atoms with E-state index in [0.29, 0.717) is 24.3 Å². The first-order chi connectivity index (χ1) is 8.58. The summed E-state index contributed by atoms with van der Waals surface area (Å²) in [6, 6.07) is 0.446. The Morgan fingerprint density at radius 3 is 2.33 bits per heavy atom. The maximum atomic E-state index is 12.1. The van der Waals surface area contributed by atoms with Crippen LogP contribution in [0.5, 0.6) is 0 Å². The molecule has 0 aromatic carbocycles. The third-order valence-corrected chi connectivity index (χ3v) is 3.92. The Labute approximate surface area is 111 Å². The molecular formula is C14H28N2O2. The molecule has 0 saturated carbocycles. The first-order valence-corrected chi connectivity index (χ1v) is 7.09. The molecule has 0 aromatic heterocycles. The quantitative estimate of drug-likeness (QED) is 0.723. The topological polar surface area (TPSA) is 32.8 Å². The van der Waals surface area contributed by atoms with Crippen LogP contribution in [0.4, 0.5) is 0 Å². The molecule has 18 heavy (non-hydrogen) atoms. The van der Waals surface area contributed by atoms with Gasteiger partial charge in [0, 0.05) is 45.8 Å². The standard InChI is InChI=1S/C14H28N2O2/c1-5-12(2)10-14(17)16-8-6-15(7-9-16)13(3)11-18-4/h12-13H,5-11H2,1-4H3/t12-,13-/m1/s1. The lowest BCUT2D eigenvalue weighted by molar-refractivity contribution is -0.134. The van der Waals surface area contributed by atoms with E-state index >= 15 is 0 Å². The van der Waals surface area contributed by atoms with Gasteiger partial charge in [-0.2, -0.15) is 0 Å². The maximum Gasteiger partial charge on any atom is 0.222 e. The molecule has 0 unspecified atom stereocenters. The summed E-state index contributed by atoms with van der Waals surface area (Å²) in [5.74, 6) is 0.825. The average molecular weight is 256 g/mol. The van der Waals surface area contributed by atoms with Gasteiger partial charge in [-0.1, -0.05) is 20.3 Å². The second-order valence-corrected chi connectivity index (χ2v) is 5.44. The molecule has 1 aliphatic rings. The van der Waals surface area contributed by atoms with Gasteiger partial charge in [0.15, 0.2) is 0 Å². The van der Waals surface area contributed by atoms with E-state index in [-0.39, 0.29) is 0 Å². The summed E-state index contributed by atoms with van der Waals surface area (Å²) in [7, 11) is 1.74. The van der Waals surface area contributed by atoms with Gasteiger partial charge in [-0.15, -0.1) is 0 Å². The highest BCUT2D eigenvalue weighted by molar-refractivity contribution is 5.76. The van der Waals surface area contributed by atoms with Gasteiger partial charge in [-0.3, -0.25) is 9.69 Å². The van der Waals surface area contributed by atoms with Gasteiger partial charge in [-0.05, 0) is 12.8 Å². The summed E-state index contributed by atoms with van der Waals surface area (Å²) >= 11 is 0. The molecular weight excluding hydrogens is 228 g/mol. The van der Waals surface area contributed by atoms with Crippen LogP contribution < -0.4 is 0 Å². The molecule has 1 heterocycles. The molecule has 1 amide bonds. The molecule has 0 N–H and O–H groups in total. The minimum Gasteiger partial charge on any atom is -0.383 e. The van der Waals surface area contributed by atoms with Crippen LogP contribution in [0.1, 0.15) is 33.6 Å². The van der Waals surface area contributed by atoms with E-state index in [0.717, 1.165) is 39.2 Å². The van der Waals surface area contributed by atoms with Crippen LogP contribution in [0.25, 0.3) is 0 Å². The Balaban J connectivity index is 2.32. The Bertz CT molecular complexity index is 250. The van der Waals surface area contributed by atoms with Gasteiger partial charge in [0.1, 0.15) is 0 Å². The van der Waals surface area contributed by atoms with E-state index in [1.165, 1.54) is 0 Å². The average Bonchev–Trinajstić information content (AvgIpc) is 2.39. The lowest BCUT2D eigenvalue weighted by Gasteiger charge is -2.38. The molecule has 0 bridgehead atoms. The molecule has 0 spiro atoms. The van der Waals surface area contributed by atoms with Crippen LogP contribution in [0.3, 0.4) is 0 Å². The van der Waals surface area contributed by atoms with Crippen molar-refractivity contribution in [3.05, 3.63) is 0 Å². The highest BCUT2D eigenvalue weighted by atomic mass is 16.5. The molecule has 1 fully saturated rings. The van der Waals surface area contributed by atoms with Crippen molar-refractivity contribution in [3.8, 4) is 0 Å². The van der Waals surface area contributed by atoms with Crippen molar-refractivity contribution >= 4 is 5.91 Å². The van der Waals surface area contributed by atoms with Gasteiger partial charge in [0.05, 0.1) is 6.61 Å². The molecule has 1 saturated heterocycles. The fourth-order valence-electron chi connectivity index (χ4n) is 2.33. The van der Waals surface area contributed by atoms with Crippen molar-refractivity contribution in [2.24, 2.45) is 5.92 Å². The number of piperazine rings is 1. The van der Waals surface area contributed by atoms with Gasteiger partial charge in [-0.25, -0.2) is 0 Å². The van der Waals surface area contributed by atoms with Crippen molar-refractivity contribution in [1.29, 1.82) is 0 Å². The van der Waals surface area contributed by atoms with Crippen molar-refractivity contribution < 1.29 is 9.53 Å². The number of amides is 1. The van der Waals surface area contributed by atoms with Gasteiger partial charge in [0.25, 0.3) is 0 Å². The number of rotatable bonds is 6. The maximum absolute atomic E-state index is 12.1. The van der Waals surface area contributed by atoms with Gasteiger partial charge in [0.2, 0.25) is 5.91 Å². The Hall–Kier alpha value is -0.610. The van der Waals surface area contributed by atoms with Crippen LogP contribution in [0.15, 0.2) is 0 Å². The number of nitrogens with zero attached hydrogens (tertiary/aromatic N) is 2. The first kappa shape index (κ1) is 15.4. The van der Waals surface area contributed by atoms with E-state index in [1.54, 1.807) is 7.11 Å². The molecule has 0 radical (unpaired) electrons. The molecule has 106 valence electrons. The predicted octanol–water partition coefficient (Wildman–Crippen LogP) is 1.60. The Kier molecular flexibility index (Phi) is 6.65. The van der Waals surface area contributed by atoms with E-state index in [9.17, 15) is 4.79 Å². The van der Waals surface area contributed by atoms with Crippen LogP contribution in [-0.2, 0) is 9.53 Å². The van der Waals surface area contributed by atoms with E-state index in [2.05, 4.69) is 25.7 Å². The number of ether oxygens (including phenoxy) is 1. The Morgan fingerprint density at radius 2 is 1.83 bits per heavy atom. The smallest absolute Gasteiger partial charge is 0.222 e. The van der Waals surface area contributed by atoms with Crippen molar-refractivity contribution in [2.75, 3.05) is 39.9 Å². The van der Waals surface area contributed by atoms with Crippen molar-refractivity contribution in [1.82, 2.24) is 9.80 Å². The zero-order valence-electron chi connectivity index (χ0n) is 12.3. The van der Waals surface area contributed by atoms with Crippen LogP contribution in [0, 0.1) is 5.92 Å². The zero-order chi connectivity index (χ0) is 13.5. The number of carbonyl (C=O) groups is 1. The summed E-state index contributed by atoms with van der Waals surface area (Å²) in [6.45, 7) is 10.9. The summed E-state index contributed by atoms with van der Waals surface area (Å²) in [5.41, 5.74) is 0. The summed E-state index contributed by atoms with van der Waals surface area (Å²) in [5, 5.41) is 0. The number of methoxy groups -OCH3 is 1. The summed E-state index contributed by atoms with van der Waals surface area (Å²) in [4.78, 5) is 16.5. The van der Waals surface area contributed by atoms with Crippen LogP contribution in [-0.4, -0.2) is 61.6 Å². The van der Waals surface area contributed by atoms with Crippen molar-refractivity contribution in [3.63, 3.8) is 0 Å². The molecule has 0 aliphatic carbocycles. The predicted molar refractivity (Wildman–Crippen MR) is 73.6 cm³/mol. The second-order valence-electron chi connectivity index (χ2n) is 5.44. The SMILES string of the molecule is CC[C@@H](C)CC(=O)N1CCN([C@H](C)COC)CC1. The van der Waals surface area contributed by atoms with E-state index in [4.69, 9.17) is 4.74 Å².